The first-order chi connectivity index (χ1) is 36.7. The summed E-state index contributed by atoms with van der Waals surface area (Å²) in [7, 11) is -1.39. The summed E-state index contributed by atoms with van der Waals surface area (Å²) < 4.78 is 119. The predicted molar refractivity (Wildman–Crippen MR) is 274 cm³/mol. The van der Waals surface area contributed by atoms with Gasteiger partial charge in [-0.1, -0.05) is 19.1 Å². The molecule has 0 fully saturated rings. The number of halogens is 6. The Labute approximate surface area is 442 Å². The summed E-state index contributed by atoms with van der Waals surface area (Å²) in [5, 5.41) is 23.1. The number of anilines is 4. The zero-order chi connectivity index (χ0) is 57.0. The van der Waals surface area contributed by atoms with Gasteiger partial charge in [-0.05, 0) is 119 Å². The number of pyridine rings is 2. The molecule has 8 aromatic rings. The Balaban J connectivity index is 0.000000229. The first-order valence-corrected chi connectivity index (χ1v) is 24.9. The molecule has 2 aromatic carbocycles. The number of carbonyl (C=O) groups excluding carboxylic acids is 1. The molecule has 0 radical (unpaired) electrons. The van der Waals surface area contributed by atoms with E-state index in [4.69, 9.17) is 9.47 Å². The molecule has 0 bridgehead atoms. The molecule has 27 heteroatoms. The smallest absolute Gasteiger partial charge is 0.435 e. The molecule has 0 unspecified atom stereocenters. The maximum Gasteiger partial charge on any atom is 0.435 e. The quantitative estimate of drug-likeness (QED) is 0.0696. The third kappa shape index (κ3) is 13.3. The number of nitrogens with one attached hydrogen (secondary N) is 3. The topological polar surface area (TPSA) is 256 Å². The summed E-state index contributed by atoms with van der Waals surface area (Å²) >= 11 is 0. The van der Waals surface area contributed by atoms with Crippen LogP contribution >= 0.6 is 0 Å². The van der Waals surface area contributed by atoms with E-state index in [0.29, 0.717) is 11.4 Å². The number of amides is 1. The standard InChI is InChI=1S/C27H28F3N7O4S.C24H21F3N6O3/c1-6-7-42(39,40)36-24(38)20-12-18(13-31-25(20)41-5)21-14-32-26(33-19-9-15(2)8-16(3)10-19)34-23(21)37-17(4)11-22(35-37)27(28,29)30;1-12-5-13(2)7-16(6-12)30-23-29-11-18(15-9-17(22(34)35)21(36-4)28-10-15)20(31-23)33-14(3)8-19(32-33)24(25,26)27/h8-14H,6-7H2,1-5H3,(H,36,38)(H,32,33,34);5-11H,1-4H3,(H,34,35)(H,29,30,31). The van der Waals surface area contributed by atoms with Crippen LogP contribution < -0.4 is 24.8 Å². The number of sulfonamides is 1. The first-order valence-electron chi connectivity index (χ1n) is 23.3. The van der Waals surface area contributed by atoms with Gasteiger partial charge < -0.3 is 25.2 Å². The van der Waals surface area contributed by atoms with Crippen molar-refractivity contribution in [3.05, 3.63) is 142 Å². The summed E-state index contributed by atoms with van der Waals surface area (Å²) in [6, 6.07) is 15.8. The lowest BCUT2D eigenvalue weighted by Gasteiger charge is -2.15. The minimum atomic E-state index is -4.71. The molecular formula is C51H49F6N13O7S. The van der Waals surface area contributed by atoms with Gasteiger partial charge in [0, 0.05) is 69.8 Å². The van der Waals surface area contributed by atoms with E-state index in [9.17, 15) is 49.5 Å². The van der Waals surface area contributed by atoms with Crippen molar-refractivity contribution in [1.29, 1.82) is 0 Å². The fraction of sp³-hybridized carbons (Fsp3) is 0.255. The number of carbonyl (C=O) groups is 2. The van der Waals surface area contributed by atoms with Crippen LogP contribution in [0.2, 0.25) is 0 Å². The molecule has 4 N–H and O–H groups in total. The van der Waals surface area contributed by atoms with E-state index in [-0.39, 0.29) is 92.2 Å². The van der Waals surface area contributed by atoms with E-state index in [1.54, 1.807) is 6.92 Å². The third-order valence-electron chi connectivity index (χ3n) is 11.2. The number of hydrogen-bond donors (Lipinski definition) is 4. The number of alkyl halides is 6. The Kier molecular flexibility index (Phi) is 16.5. The molecule has 8 rings (SSSR count). The number of carboxylic acids is 1. The summed E-state index contributed by atoms with van der Waals surface area (Å²) in [5.74, 6) is -2.67. The van der Waals surface area contributed by atoms with E-state index in [2.05, 4.69) is 50.7 Å². The van der Waals surface area contributed by atoms with Gasteiger partial charge >= 0.3 is 18.3 Å². The molecule has 0 saturated carbocycles. The van der Waals surface area contributed by atoms with Crippen LogP contribution in [0.25, 0.3) is 33.9 Å². The van der Waals surface area contributed by atoms with Gasteiger partial charge in [0.1, 0.15) is 11.1 Å². The highest BCUT2D eigenvalue weighted by Crippen LogP contribution is 2.36. The number of aromatic nitrogens is 10. The molecule has 1 amide bonds. The molecule has 6 aromatic heterocycles. The maximum absolute atomic E-state index is 13.5. The van der Waals surface area contributed by atoms with Crippen molar-refractivity contribution in [2.45, 2.75) is 67.2 Å². The Morgan fingerprint density at radius 2 is 0.987 bits per heavy atom. The van der Waals surface area contributed by atoms with E-state index < -0.39 is 45.6 Å². The number of aryl methyl sites for hydroxylation is 6. The van der Waals surface area contributed by atoms with Crippen molar-refractivity contribution in [2.24, 2.45) is 0 Å². The Morgan fingerprint density at radius 1 is 0.590 bits per heavy atom. The lowest BCUT2D eigenvalue weighted by atomic mass is 10.1. The van der Waals surface area contributed by atoms with Gasteiger partial charge in [0.15, 0.2) is 23.0 Å². The van der Waals surface area contributed by atoms with Gasteiger partial charge in [-0.15, -0.1) is 0 Å². The summed E-state index contributed by atoms with van der Waals surface area (Å²) in [4.78, 5) is 50.4. The van der Waals surface area contributed by atoms with E-state index in [0.717, 1.165) is 43.8 Å². The number of benzene rings is 2. The van der Waals surface area contributed by atoms with E-state index in [1.807, 2.05) is 68.8 Å². The number of carboxylic acid groups (broad SMARTS) is 1. The van der Waals surface area contributed by atoms with Gasteiger partial charge in [-0.3, -0.25) is 4.79 Å². The zero-order valence-electron chi connectivity index (χ0n) is 43.0. The van der Waals surface area contributed by atoms with Crippen molar-refractivity contribution in [3.8, 4) is 45.6 Å². The lowest BCUT2D eigenvalue weighted by Crippen LogP contribution is -2.32. The minimum absolute atomic E-state index is 0.00757. The monoisotopic (exact) mass is 1100 g/mol. The van der Waals surface area contributed by atoms with Crippen LogP contribution in [0.3, 0.4) is 0 Å². The van der Waals surface area contributed by atoms with Gasteiger partial charge in [0.05, 0.1) is 20.0 Å². The van der Waals surface area contributed by atoms with Gasteiger partial charge in [-0.25, -0.2) is 47.2 Å². The Hall–Kier alpha value is -9.01. The fourth-order valence-corrected chi connectivity index (χ4v) is 8.99. The zero-order valence-corrected chi connectivity index (χ0v) is 43.9. The highest BCUT2D eigenvalue weighted by molar-refractivity contribution is 7.90. The van der Waals surface area contributed by atoms with Crippen molar-refractivity contribution in [3.63, 3.8) is 0 Å². The van der Waals surface area contributed by atoms with Crippen LogP contribution in [-0.2, 0) is 22.4 Å². The van der Waals surface area contributed by atoms with Crippen LogP contribution in [0.5, 0.6) is 11.8 Å². The molecule has 0 spiro atoms. The van der Waals surface area contributed by atoms with Crippen molar-refractivity contribution in [2.75, 3.05) is 30.6 Å². The Morgan fingerprint density at radius 3 is 1.35 bits per heavy atom. The number of rotatable bonds is 15. The fourth-order valence-electron chi connectivity index (χ4n) is 7.96. The van der Waals surface area contributed by atoms with Crippen molar-refractivity contribution >= 4 is 45.2 Å². The highest BCUT2D eigenvalue weighted by Gasteiger charge is 2.36. The maximum atomic E-state index is 13.5. The second-order valence-electron chi connectivity index (χ2n) is 17.6. The molecule has 408 valence electrons. The number of hydrogen-bond acceptors (Lipinski definition) is 16. The molecule has 6 heterocycles. The summed E-state index contributed by atoms with van der Waals surface area (Å²) in [5.41, 5.74) is 3.78. The average Bonchev–Trinajstić information content (AvgIpc) is 4.00. The molecule has 0 aliphatic rings. The predicted octanol–water partition coefficient (Wildman–Crippen LogP) is 10.0. The van der Waals surface area contributed by atoms with Crippen molar-refractivity contribution < 1.29 is 58.9 Å². The van der Waals surface area contributed by atoms with Gasteiger partial charge in [-0.2, -0.15) is 46.5 Å². The normalized spacial score (nSPS) is 11.6. The van der Waals surface area contributed by atoms with Crippen LogP contribution in [0.15, 0.2) is 85.5 Å². The minimum Gasteiger partial charge on any atom is -0.480 e. The van der Waals surface area contributed by atoms with Crippen molar-refractivity contribution in [1.82, 2.24) is 54.2 Å². The largest absolute Gasteiger partial charge is 0.480 e. The van der Waals surface area contributed by atoms with Crippen LogP contribution in [0, 0.1) is 41.5 Å². The van der Waals surface area contributed by atoms with Crippen LogP contribution in [-0.4, -0.2) is 94.8 Å². The number of aromatic carboxylic acids is 1. The number of nitrogens with zero attached hydrogens (tertiary/aromatic N) is 10. The first kappa shape index (κ1) is 56.7. The number of methoxy groups -OCH3 is 2. The van der Waals surface area contributed by atoms with E-state index >= 15 is 0 Å². The summed E-state index contributed by atoms with van der Waals surface area (Å²) in [6.07, 6.45) is -3.74. The second-order valence-corrected chi connectivity index (χ2v) is 19.5. The highest BCUT2D eigenvalue weighted by atomic mass is 32.2. The van der Waals surface area contributed by atoms with Crippen LogP contribution in [0.1, 0.15) is 79.1 Å². The average molecular weight is 1100 g/mol. The molecule has 78 heavy (non-hydrogen) atoms. The molecular weight excluding hydrogens is 1050 g/mol. The summed E-state index contributed by atoms with van der Waals surface area (Å²) in [6.45, 7) is 12.2. The van der Waals surface area contributed by atoms with Gasteiger partial charge in [0.2, 0.25) is 33.7 Å². The molecule has 20 nitrogen and oxygen atoms in total. The molecule has 0 aliphatic carbocycles. The van der Waals surface area contributed by atoms with Gasteiger partial charge in [0.25, 0.3) is 5.91 Å². The van der Waals surface area contributed by atoms with E-state index in [1.165, 1.54) is 65.0 Å². The Bertz CT molecular complexity index is 3660. The van der Waals surface area contributed by atoms with Crippen LogP contribution in [0.4, 0.5) is 49.6 Å². The SMILES string of the molecule is CCCS(=O)(=O)NC(=O)c1cc(-c2cnc(Nc3cc(C)cc(C)c3)nc2-n2nc(C(F)(F)F)cc2C)cnc1OC.COc1ncc(-c2cnc(Nc3cc(C)cc(C)c3)nc2-n2nc(C(F)(F)F)cc2C)cc1C(=O)O. The number of ether oxygens (including phenoxy) is 2. The molecule has 0 saturated heterocycles. The molecule has 0 atom stereocenters. The lowest BCUT2D eigenvalue weighted by molar-refractivity contribution is -0.142. The third-order valence-corrected chi connectivity index (χ3v) is 12.6. The molecule has 0 aliphatic heterocycles. The second kappa shape index (κ2) is 22.7.